The molecule has 0 fully saturated rings. The molecule has 0 amide bonds. The van der Waals surface area contributed by atoms with Gasteiger partial charge in [0.2, 0.25) is 12.6 Å². The Hall–Kier alpha value is -4.77. The van der Waals surface area contributed by atoms with Gasteiger partial charge in [0.25, 0.3) is 0 Å². The number of benzene rings is 3. The van der Waals surface area contributed by atoms with Gasteiger partial charge in [-0.05, 0) is 59.7 Å². The van der Waals surface area contributed by atoms with Crippen molar-refractivity contribution < 1.29 is 33.3 Å². The maximum Gasteiger partial charge on any atom is 0.337 e. The summed E-state index contributed by atoms with van der Waals surface area (Å²) in [4.78, 5) is 24.4. The molecule has 35 heavy (non-hydrogen) atoms. The molecule has 0 radical (unpaired) electrons. The summed E-state index contributed by atoms with van der Waals surface area (Å²) in [6, 6.07) is 18.7. The van der Waals surface area contributed by atoms with Crippen LogP contribution in [0.15, 0.2) is 66.2 Å². The van der Waals surface area contributed by atoms with Crippen molar-refractivity contribution in [3.63, 3.8) is 0 Å². The van der Waals surface area contributed by atoms with E-state index in [9.17, 15) is 14.9 Å². The number of hydrogen-bond acceptors (Lipinski definition) is 8. The SMILES string of the molecule is COC(=O)c1ccc(COc2ccc(/C=C(/C#N)C(=O)c3ccc4c(c3)OCO4)cc2OC)cc1. The molecule has 0 bridgehead atoms. The fourth-order valence-corrected chi connectivity index (χ4v) is 3.42. The van der Waals surface area contributed by atoms with Crippen LogP contribution in [0.3, 0.4) is 0 Å². The van der Waals surface area contributed by atoms with Gasteiger partial charge < -0.3 is 23.7 Å². The highest BCUT2D eigenvalue weighted by Gasteiger charge is 2.19. The number of allylic oxidation sites excluding steroid dienone is 1. The van der Waals surface area contributed by atoms with E-state index < -0.39 is 11.8 Å². The largest absolute Gasteiger partial charge is 0.493 e. The Morgan fingerprint density at radius 2 is 1.69 bits per heavy atom. The van der Waals surface area contributed by atoms with Crippen LogP contribution in [0.2, 0.25) is 0 Å². The summed E-state index contributed by atoms with van der Waals surface area (Å²) in [6.07, 6.45) is 1.49. The van der Waals surface area contributed by atoms with E-state index in [0.717, 1.165) is 5.56 Å². The Bertz CT molecular complexity index is 1340. The van der Waals surface area contributed by atoms with Crippen molar-refractivity contribution in [2.45, 2.75) is 6.61 Å². The molecule has 0 atom stereocenters. The summed E-state index contributed by atoms with van der Waals surface area (Å²) in [5, 5.41) is 9.59. The summed E-state index contributed by atoms with van der Waals surface area (Å²) in [6.45, 7) is 0.347. The van der Waals surface area contributed by atoms with Gasteiger partial charge in [0.1, 0.15) is 18.2 Å². The number of fused-ring (bicyclic) bond motifs is 1. The normalized spacial score (nSPS) is 12.0. The van der Waals surface area contributed by atoms with Crippen LogP contribution in [0.25, 0.3) is 6.08 Å². The molecule has 0 aliphatic carbocycles. The van der Waals surface area contributed by atoms with E-state index in [2.05, 4.69) is 0 Å². The highest BCUT2D eigenvalue weighted by Crippen LogP contribution is 2.34. The van der Waals surface area contributed by atoms with E-state index in [1.54, 1.807) is 60.7 Å². The van der Waals surface area contributed by atoms with Crippen molar-refractivity contribution in [1.29, 1.82) is 5.26 Å². The third-order valence-electron chi connectivity index (χ3n) is 5.27. The van der Waals surface area contributed by atoms with Gasteiger partial charge >= 0.3 is 5.97 Å². The standard InChI is InChI=1S/C27H21NO7/c1-31-24-12-18(5-9-22(24)33-15-17-3-6-19(7-4-17)27(30)32-2)11-21(14-28)26(29)20-8-10-23-25(13-20)35-16-34-23/h3-13H,15-16H2,1-2H3/b21-11-. The highest BCUT2D eigenvalue weighted by atomic mass is 16.7. The number of Topliss-reactive ketones (excluding diaryl/α,β-unsaturated/α-hetero) is 1. The summed E-state index contributed by atoms with van der Waals surface area (Å²) < 4.78 is 26.6. The third-order valence-corrected chi connectivity index (χ3v) is 5.27. The Kier molecular flexibility index (Phi) is 6.98. The summed E-state index contributed by atoms with van der Waals surface area (Å²) in [5.74, 6) is 1.12. The van der Waals surface area contributed by atoms with Gasteiger partial charge in [-0.1, -0.05) is 18.2 Å². The fourth-order valence-electron chi connectivity index (χ4n) is 3.42. The molecule has 0 spiro atoms. The number of rotatable bonds is 8. The van der Waals surface area contributed by atoms with Crippen molar-refractivity contribution >= 4 is 17.8 Å². The molecule has 0 unspecified atom stereocenters. The predicted octanol–water partition coefficient (Wildman–Crippen LogP) is 4.58. The minimum absolute atomic E-state index is 0.0368. The van der Waals surface area contributed by atoms with Crippen molar-refractivity contribution in [3.8, 4) is 29.1 Å². The predicted molar refractivity (Wildman–Crippen MR) is 126 cm³/mol. The van der Waals surface area contributed by atoms with E-state index >= 15 is 0 Å². The lowest BCUT2D eigenvalue weighted by Crippen LogP contribution is -2.03. The molecule has 4 rings (SSSR count). The maximum atomic E-state index is 12.9. The summed E-state index contributed by atoms with van der Waals surface area (Å²) in [5.41, 5.74) is 2.19. The van der Waals surface area contributed by atoms with Crippen molar-refractivity contribution in [1.82, 2.24) is 0 Å². The van der Waals surface area contributed by atoms with Gasteiger partial charge in [-0.3, -0.25) is 4.79 Å². The minimum Gasteiger partial charge on any atom is -0.493 e. The van der Waals surface area contributed by atoms with E-state index in [4.69, 9.17) is 23.7 Å². The van der Waals surface area contributed by atoms with E-state index in [0.29, 0.717) is 39.7 Å². The number of carbonyl (C=O) groups excluding carboxylic acids is 2. The van der Waals surface area contributed by atoms with E-state index in [-0.39, 0.29) is 19.0 Å². The number of ether oxygens (including phenoxy) is 5. The lowest BCUT2D eigenvalue weighted by Gasteiger charge is -2.12. The van der Waals surface area contributed by atoms with Crippen molar-refractivity contribution in [2.75, 3.05) is 21.0 Å². The smallest absolute Gasteiger partial charge is 0.337 e. The number of methoxy groups -OCH3 is 2. The quantitative estimate of drug-likeness (QED) is 0.204. The minimum atomic E-state index is -0.430. The fraction of sp³-hybridized carbons (Fsp3) is 0.148. The summed E-state index contributed by atoms with van der Waals surface area (Å²) >= 11 is 0. The number of hydrogen-bond donors (Lipinski definition) is 0. The monoisotopic (exact) mass is 471 g/mol. The number of nitrogens with zero attached hydrogens (tertiary/aromatic N) is 1. The molecule has 8 nitrogen and oxygen atoms in total. The Balaban J connectivity index is 1.49. The van der Waals surface area contributed by atoms with Gasteiger partial charge in [0.05, 0.1) is 19.8 Å². The van der Waals surface area contributed by atoms with Crippen LogP contribution < -0.4 is 18.9 Å². The van der Waals surface area contributed by atoms with Crippen molar-refractivity contribution in [2.24, 2.45) is 0 Å². The van der Waals surface area contributed by atoms with Gasteiger partial charge in [-0.2, -0.15) is 5.26 Å². The van der Waals surface area contributed by atoms with Crippen LogP contribution in [-0.2, 0) is 11.3 Å². The topological polar surface area (TPSA) is 104 Å². The van der Waals surface area contributed by atoms with Gasteiger partial charge in [0, 0.05) is 5.56 Å². The average Bonchev–Trinajstić information content (AvgIpc) is 3.38. The zero-order valence-corrected chi connectivity index (χ0v) is 19.1. The molecule has 0 N–H and O–H groups in total. The Morgan fingerprint density at radius 3 is 2.40 bits per heavy atom. The van der Waals surface area contributed by atoms with Crippen LogP contribution in [-0.4, -0.2) is 32.8 Å². The number of nitriles is 1. The number of ketones is 1. The van der Waals surface area contributed by atoms with Crippen LogP contribution in [0, 0.1) is 11.3 Å². The number of carbonyl (C=O) groups is 2. The van der Waals surface area contributed by atoms with Gasteiger partial charge in [-0.15, -0.1) is 0 Å². The van der Waals surface area contributed by atoms with Gasteiger partial charge in [0.15, 0.2) is 23.0 Å². The summed E-state index contributed by atoms with van der Waals surface area (Å²) in [7, 11) is 2.83. The molecule has 0 saturated heterocycles. The second-order valence-electron chi connectivity index (χ2n) is 7.45. The highest BCUT2D eigenvalue weighted by molar-refractivity contribution is 6.14. The molecular formula is C27H21NO7. The first-order valence-corrected chi connectivity index (χ1v) is 10.6. The van der Waals surface area contributed by atoms with Crippen LogP contribution >= 0.6 is 0 Å². The molecule has 0 saturated carbocycles. The molecule has 8 heteroatoms. The molecule has 1 aliphatic rings. The number of esters is 1. The zero-order valence-electron chi connectivity index (χ0n) is 19.1. The molecule has 1 aliphatic heterocycles. The Morgan fingerprint density at radius 1 is 0.943 bits per heavy atom. The van der Waals surface area contributed by atoms with E-state index in [1.807, 2.05) is 6.07 Å². The lowest BCUT2D eigenvalue weighted by molar-refractivity contribution is 0.0600. The van der Waals surface area contributed by atoms with Crippen LogP contribution in [0.1, 0.15) is 31.8 Å². The second-order valence-corrected chi connectivity index (χ2v) is 7.45. The molecular weight excluding hydrogens is 450 g/mol. The maximum absolute atomic E-state index is 12.9. The van der Waals surface area contributed by atoms with Crippen LogP contribution in [0.4, 0.5) is 0 Å². The zero-order chi connectivity index (χ0) is 24.8. The Labute approximate surface area is 201 Å². The van der Waals surface area contributed by atoms with E-state index in [1.165, 1.54) is 20.3 Å². The molecule has 3 aromatic carbocycles. The lowest BCUT2D eigenvalue weighted by atomic mass is 10.0. The third kappa shape index (κ3) is 5.25. The first-order valence-electron chi connectivity index (χ1n) is 10.6. The molecule has 3 aromatic rings. The first kappa shape index (κ1) is 23.4. The first-order chi connectivity index (χ1) is 17.0. The average molecular weight is 471 g/mol. The van der Waals surface area contributed by atoms with Gasteiger partial charge in [-0.25, -0.2) is 4.79 Å². The molecule has 176 valence electrons. The molecule has 0 aromatic heterocycles. The molecule has 1 heterocycles. The van der Waals surface area contributed by atoms with Crippen LogP contribution in [0.5, 0.6) is 23.0 Å². The van der Waals surface area contributed by atoms with Crippen molar-refractivity contribution in [3.05, 3.63) is 88.5 Å². The second kappa shape index (κ2) is 10.4.